The molecule has 4 rings (SSSR count). The van der Waals surface area contributed by atoms with Crippen molar-refractivity contribution in [3.63, 3.8) is 0 Å². The lowest BCUT2D eigenvalue weighted by Crippen LogP contribution is -2.53. The second-order valence-electron chi connectivity index (χ2n) is 9.53. The van der Waals surface area contributed by atoms with Gasteiger partial charge in [-0.15, -0.1) is 0 Å². The van der Waals surface area contributed by atoms with Crippen molar-refractivity contribution in [1.82, 2.24) is 10.2 Å². The summed E-state index contributed by atoms with van der Waals surface area (Å²) in [6.07, 6.45) is 4.55. The number of carbonyl (C=O) groups excluding carboxylic acids is 2. The number of nitrogens with one attached hydrogen (secondary N) is 1. The van der Waals surface area contributed by atoms with E-state index < -0.39 is 6.04 Å². The summed E-state index contributed by atoms with van der Waals surface area (Å²) in [6, 6.07) is 23.9. The van der Waals surface area contributed by atoms with Crippen LogP contribution in [0, 0.1) is 0 Å². The van der Waals surface area contributed by atoms with E-state index in [1.165, 1.54) is 0 Å². The molecule has 2 amide bonds. The van der Waals surface area contributed by atoms with Gasteiger partial charge < -0.3 is 24.4 Å². The largest absolute Gasteiger partial charge is 0.497 e. The lowest BCUT2D eigenvalue weighted by molar-refractivity contribution is -0.143. The third-order valence-corrected chi connectivity index (χ3v) is 6.88. The predicted molar refractivity (Wildman–Crippen MR) is 146 cm³/mol. The average Bonchev–Trinajstić information content (AvgIpc) is 3.47. The molecule has 3 aromatic carbocycles. The predicted octanol–water partition coefficient (Wildman–Crippen LogP) is 4.78. The van der Waals surface area contributed by atoms with Crippen LogP contribution in [0.3, 0.4) is 0 Å². The van der Waals surface area contributed by atoms with Crippen molar-refractivity contribution in [2.45, 2.75) is 50.7 Å². The number of nitrogens with zero attached hydrogens (tertiary/aromatic N) is 1. The van der Waals surface area contributed by atoms with Crippen molar-refractivity contribution in [2.24, 2.45) is 0 Å². The van der Waals surface area contributed by atoms with Crippen LogP contribution in [0.4, 0.5) is 0 Å². The first-order chi connectivity index (χ1) is 18.6. The molecule has 1 aliphatic rings. The Labute approximate surface area is 224 Å². The summed E-state index contributed by atoms with van der Waals surface area (Å²) < 4.78 is 16.4. The molecule has 0 bridgehead atoms. The van der Waals surface area contributed by atoms with E-state index in [9.17, 15) is 9.59 Å². The molecule has 3 aromatic rings. The van der Waals surface area contributed by atoms with Crippen LogP contribution in [-0.4, -0.2) is 49.6 Å². The fourth-order valence-corrected chi connectivity index (χ4v) is 4.79. The first-order valence-corrected chi connectivity index (χ1v) is 13.1. The quantitative estimate of drug-likeness (QED) is 0.375. The second-order valence-corrected chi connectivity index (χ2v) is 9.53. The van der Waals surface area contributed by atoms with Crippen LogP contribution in [0.1, 0.15) is 36.8 Å². The zero-order chi connectivity index (χ0) is 26.7. The summed E-state index contributed by atoms with van der Waals surface area (Å²) >= 11 is 0. The molecule has 0 spiro atoms. The van der Waals surface area contributed by atoms with Crippen molar-refractivity contribution in [3.05, 3.63) is 90.0 Å². The van der Waals surface area contributed by atoms with Crippen molar-refractivity contribution in [2.75, 3.05) is 20.8 Å². The minimum absolute atomic E-state index is 0.138. The normalized spacial score (nSPS) is 13.9. The minimum atomic E-state index is -0.698. The molecule has 0 aromatic heterocycles. The standard InChI is InChI=1S/C31H36N2O5/c1-36-26-15-17-27(18-16-26)38-22-30(34)33(21-24-11-8-14-28(19-24)37-2)29(20-23-9-4-3-5-10-23)31(35)32-25-12-6-7-13-25/h3-5,8-11,14-19,25,29H,6-7,12-13,20-22H2,1-2H3,(H,32,35). The monoisotopic (exact) mass is 516 g/mol. The Kier molecular flexibility index (Phi) is 9.62. The molecular weight excluding hydrogens is 480 g/mol. The van der Waals surface area contributed by atoms with Gasteiger partial charge in [-0.05, 0) is 60.4 Å². The van der Waals surface area contributed by atoms with E-state index in [0.717, 1.165) is 36.8 Å². The summed E-state index contributed by atoms with van der Waals surface area (Å²) in [4.78, 5) is 29.1. The van der Waals surface area contributed by atoms with Gasteiger partial charge in [0.1, 0.15) is 23.3 Å². The first kappa shape index (κ1) is 27.0. The summed E-state index contributed by atoms with van der Waals surface area (Å²) in [5.74, 6) is 1.54. The molecule has 38 heavy (non-hydrogen) atoms. The number of carbonyl (C=O) groups is 2. The highest BCUT2D eigenvalue weighted by Gasteiger charge is 2.32. The molecule has 200 valence electrons. The number of benzene rings is 3. The third kappa shape index (κ3) is 7.51. The molecule has 0 saturated heterocycles. The van der Waals surface area contributed by atoms with Gasteiger partial charge in [0.15, 0.2) is 6.61 Å². The van der Waals surface area contributed by atoms with E-state index in [0.29, 0.717) is 23.7 Å². The fraction of sp³-hybridized carbons (Fsp3) is 0.355. The van der Waals surface area contributed by atoms with Gasteiger partial charge in [0.25, 0.3) is 5.91 Å². The van der Waals surface area contributed by atoms with Crippen LogP contribution < -0.4 is 19.5 Å². The summed E-state index contributed by atoms with van der Waals surface area (Å²) in [6.45, 7) is 0.0515. The zero-order valence-corrected chi connectivity index (χ0v) is 22.1. The highest BCUT2D eigenvalue weighted by molar-refractivity contribution is 5.88. The number of amides is 2. The van der Waals surface area contributed by atoms with Crippen molar-refractivity contribution in [1.29, 1.82) is 0 Å². The Hall–Kier alpha value is -4.00. The molecule has 1 unspecified atom stereocenters. The molecule has 1 aliphatic carbocycles. The summed E-state index contributed by atoms with van der Waals surface area (Å²) in [5, 5.41) is 3.22. The maximum Gasteiger partial charge on any atom is 0.261 e. The average molecular weight is 517 g/mol. The van der Waals surface area contributed by atoms with E-state index in [1.807, 2.05) is 54.6 Å². The minimum Gasteiger partial charge on any atom is -0.497 e. The van der Waals surface area contributed by atoms with Gasteiger partial charge in [-0.3, -0.25) is 9.59 Å². The van der Waals surface area contributed by atoms with Crippen LogP contribution in [0.25, 0.3) is 0 Å². The van der Waals surface area contributed by atoms with E-state index >= 15 is 0 Å². The number of hydrogen-bond acceptors (Lipinski definition) is 5. The topological polar surface area (TPSA) is 77.1 Å². The summed E-state index contributed by atoms with van der Waals surface area (Å²) in [7, 11) is 3.21. The number of hydrogen-bond donors (Lipinski definition) is 1. The lowest BCUT2D eigenvalue weighted by atomic mass is 10.0. The number of ether oxygens (including phenoxy) is 3. The van der Waals surface area contributed by atoms with E-state index in [1.54, 1.807) is 43.4 Å². The van der Waals surface area contributed by atoms with Gasteiger partial charge in [-0.2, -0.15) is 0 Å². The molecular formula is C31H36N2O5. The van der Waals surface area contributed by atoms with Crippen LogP contribution in [0.5, 0.6) is 17.2 Å². The number of methoxy groups -OCH3 is 2. The van der Waals surface area contributed by atoms with Crippen LogP contribution in [-0.2, 0) is 22.6 Å². The maximum atomic E-state index is 13.7. The smallest absolute Gasteiger partial charge is 0.261 e. The molecule has 7 nitrogen and oxygen atoms in total. The fourth-order valence-electron chi connectivity index (χ4n) is 4.79. The van der Waals surface area contributed by atoms with Crippen molar-refractivity contribution in [3.8, 4) is 17.2 Å². The highest BCUT2D eigenvalue weighted by Crippen LogP contribution is 2.22. The van der Waals surface area contributed by atoms with Crippen LogP contribution in [0.2, 0.25) is 0 Å². The molecule has 0 aliphatic heterocycles. The lowest BCUT2D eigenvalue weighted by Gasteiger charge is -2.32. The van der Waals surface area contributed by atoms with Gasteiger partial charge >= 0.3 is 0 Å². The molecule has 0 heterocycles. The Bertz CT molecular complexity index is 1180. The van der Waals surface area contributed by atoms with Gasteiger partial charge in [-0.25, -0.2) is 0 Å². The first-order valence-electron chi connectivity index (χ1n) is 13.1. The number of rotatable bonds is 12. The molecule has 1 fully saturated rings. The van der Waals surface area contributed by atoms with Crippen LogP contribution >= 0.6 is 0 Å². The van der Waals surface area contributed by atoms with E-state index in [4.69, 9.17) is 14.2 Å². The van der Waals surface area contributed by atoms with E-state index in [-0.39, 0.29) is 31.0 Å². The Morgan fingerprint density at radius 2 is 1.50 bits per heavy atom. The molecule has 1 N–H and O–H groups in total. The molecule has 0 radical (unpaired) electrons. The summed E-state index contributed by atoms with van der Waals surface area (Å²) in [5.41, 5.74) is 1.85. The van der Waals surface area contributed by atoms with Gasteiger partial charge in [0.2, 0.25) is 5.91 Å². The zero-order valence-electron chi connectivity index (χ0n) is 22.1. The van der Waals surface area contributed by atoms with Crippen molar-refractivity contribution >= 4 is 11.8 Å². The Balaban J connectivity index is 1.60. The van der Waals surface area contributed by atoms with E-state index in [2.05, 4.69) is 5.32 Å². The second kappa shape index (κ2) is 13.5. The van der Waals surface area contributed by atoms with Gasteiger partial charge in [-0.1, -0.05) is 55.3 Å². The third-order valence-electron chi connectivity index (χ3n) is 6.88. The molecule has 7 heteroatoms. The van der Waals surface area contributed by atoms with Gasteiger partial charge in [0.05, 0.1) is 14.2 Å². The Morgan fingerprint density at radius 3 is 2.18 bits per heavy atom. The van der Waals surface area contributed by atoms with Gasteiger partial charge in [0, 0.05) is 19.0 Å². The van der Waals surface area contributed by atoms with Crippen molar-refractivity contribution < 1.29 is 23.8 Å². The maximum absolute atomic E-state index is 13.7. The van der Waals surface area contributed by atoms with Crippen LogP contribution in [0.15, 0.2) is 78.9 Å². The Morgan fingerprint density at radius 1 is 0.842 bits per heavy atom. The SMILES string of the molecule is COc1ccc(OCC(=O)N(Cc2cccc(OC)c2)C(Cc2ccccc2)C(=O)NC2CCCC2)cc1. The molecule has 1 atom stereocenters. The highest BCUT2D eigenvalue weighted by atomic mass is 16.5. The molecule has 1 saturated carbocycles.